The van der Waals surface area contributed by atoms with Gasteiger partial charge in [0.2, 0.25) is 5.78 Å². The number of amides is 2. The van der Waals surface area contributed by atoms with E-state index in [9.17, 15) is 14.4 Å². The van der Waals surface area contributed by atoms with Crippen molar-refractivity contribution >= 4 is 17.6 Å². The van der Waals surface area contributed by atoms with Crippen molar-refractivity contribution in [3.63, 3.8) is 0 Å². The number of likely N-dealkylation sites (tertiary alicyclic amines) is 1. The van der Waals surface area contributed by atoms with Gasteiger partial charge in [0.15, 0.2) is 0 Å². The lowest BCUT2D eigenvalue weighted by Gasteiger charge is -2.31. The summed E-state index contributed by atoms with van der Waals surface area (Å²) in [6, 6.07) is 0. The van der Waals surface area contributed by atoms with E-state index in [0.29, 0.717) is 25.0 Å². The van der Waals surface area contributed by atoms with E-state index in [4.69, 9.17) is 0 Å². The fourth-order valence-corrected chi connectivity index (χ4v) is 3.16. The minimum Gasteiger partial charge on any atom is -0.288 e. The quantitative estimate of drug-likeness (QED) is 0.592. The normalized spacial score (nSPS) is 24.3. The van der Waals surface area contributed by atoms with Crippen molar-refractivity contribution in [2.24, 2.45) is 5.92 Å². The van der Waals surface area contributed by atoms with Crippen molar-refractivity contribution in [3.8, 4) is 0 Å². The molecule has 3 aliphatic rings. The SMILES string of the molecule is O=C1C(=O)N(CCCC2=CC=CCC2)C(=O)C2=CC=CCC12. The molecule has 0 aromatic carbocycles. The molecular weight excluding hydrogens is 278 g/mol. The Morgan fingerprint density at radius 3 is 2.64 bits per heavy atom. The van der Waals surface area contributed by atoms with E-state index >= 15 is 0 Å². The summed E-state index contributed by atoms with van der Waals surface area (Å²) >= 11 is 0. The first-order chi connectivity index (χ1) is 10.7. The second-order valence-electron chi connectivity index (χ2n) is 5.86. The summed E-state index contributed by atoms with van der Waals surface area (Å²) in [5.41, 5.74) is 1.80. The number of ketones is 1. The van der Waals surface area contributed by atoms with Gasteiger partial charge in [0.05, 0.1) is 5.92 Å². The molecule has 0 aromatic heterocycles. The summed E-state index contributed by atoms with van der Waals surface area (Å²) < 4.78 is 0. The number of imide groups is 1. The van der Waals surface area contributed by atoms with Gasteiger partial charge in [-0.05, 0) is 32.1 Å². The van der Waals surface area contributed by atoms with Crippen LogP contribution in [0.3, 0.4) is 0 Å². The zero-order valence-corrected chi connectivity index (χ0v) is 12.5. The average molecular weight is 297 g/mol. The lowest BCUT2D eigenvalue weighted by molar-refractivity contribution is -0.155. The molecule has 1 atom stereocenters. The van der Waals surface area contributed by atoms with Gasteiger partial charge in [0, 0.05) is 12.1 Å². The number of carbonyl (C=O) groups is 3. The van der Waals surface area contributed by atoms with Crippen LogP contribution in [-0.4, -0.2) is 29.0 Å². The number of nitrogens with zero attached hydrogens (tertiary/aromatic N) is 1. The first-order valence-corrected chi connectivity index (χ1v) is 7.80. The zero-order chi connectivity index (χ0) is 15.5. The Labute approximate surface area is 129 Å². The van der Waals surface area contributed by atoms with E-state index in [1.165, 1.54) is 5.57 Å². The first-order valence-electron chi connectivity index (χ1n) is 7.80. The van der Waals surface area contributed by atoms with Gasteiger partial charge in [-0.3, -0.25) is 19.3 Å². The van der Waals surface area contributed by atoms with Gasteiger partial charge >= 0.3 is 0 Å². The summed E-state index contributed by atoms with van der Waals surface area (Å²) in [5.74, 6) is -1.95. The van der Waals surface area contributed by atoms with E-state index in [-0.39, 0.29) is 5.91 Å². The lowest BCUT2D eigenvalue weighted by Crippen LogP contribution is -2.51. The molecule has 1 saturated heterocycles. The zero-order valence-electron chi connectivity index (χ0n) is 12.5. The molecule has 4 nitrogen and oxygen atoms in total. The number of Topliss-reactive ketones (excluding diaryl/α,β-unsaturated/α-hetero) is 1. The fourth-order valence-electron chi connectivity index (χ4n) is 3.16. The second-order valence-corrected chi connectivity index (χ2v) is 5.86. The number of hydrogen-bond acceptors (Lipinski definition) is 3. The summed E-state index contributed by atoms with van der Waals surface area (Å²) in [5, 5.41) is 0. The van der Waals surface area contributed by atoms with Gasteiger partial charge in [0.1, 0.15) is 0 Å². The number of allylic oxidation sites excluding steroid dienone is 7. The summed E-state index contributed by atoms with van der Waals surface area (Å²) in [6.07, 6.45) is 15.6. The van der Waals surface area contributed by atoms with Crippen molar-refractivity contribution < 1.29 is 14.4 Å². The van der Waals surface area contributed by atoms with Crippen LogP contribution in [0.2, 0.25) is 0 Å². The molecule has 3 rings (SSSR count). The van der Waals surface area contributed by atoms with Crippen LogP contribution in [0.15, 0.2) is 47.6 Å². The van der Waals surface area contributed by atoms with Crippen LogP contribution < -0.4 is 0 Å². The molecular formula is C18H19NO3. The number of fused-ring (bicyclic) bond motifs is 1. The Morgan fingerprint density at radius 2 is 1.86 bits per heavy atom. The predicted octanol–water partition coefficient (Wildman–Crippen LogP) is 2.48. The lowest BCUT2D eigenvalue weighted by atomic mass is 9.83. The minimum absolute atomic E-state index is 0.295. The topological polar surface area (TPSA) is 54.5 Å². The van der Waals surface area contributed by atoms with Crippen LogP contribution in [0.25, 0.3) is 0 Å². The molecule has 0 radical (unpaired) electrons. The highest BCUT2D eigenvalue weighted by molar-refractivity contribution is 6.44. The number of hydrogen-bond donors (Lipinski definition) is 0. The van der Waals surface area contributed by atoms with Gasteiger partial charge < -0.3 is 0 Å². The second kappa shape index (κ2) is 6.26. The van der Waals surface area contributed by atoms with Crippen molar-refractivity contribution in [2.75, 3.05) is 6.54 Å². The monoisotopic (exact) mass is 297 g/mol. The Hall–Kier alpha value is -2.23. The third-order valence-electron chi connectivity index (χ3n) is 4.40. The van der Waals surface area contributed by atoms with Gasteiger partial charge in [-0.25, -0.2) is 0 Å². The molecule has 22 heavy (non-hydrogen) atoms. The maximum Gasteiger partial charge on any atom is 0.297 e. The van der Waals surface area contributed by atoms with Crippen LogP contribution >= 0.6 is 0 Å². The maximum atomic E-state index is 12.4. The molecule has 1 aliphatic heterocycles. The molecule has 0 spiro atoms. The third kappa shape index (κ3) is 2.73. The van der Waals surface area contributed by atoms with E-state index in [0.717, 1.165) is 24.2 Å². The largest absolute Gasteiger partial charge is 0.297 e. The fraction of sp³-hybridized carbons (Fsp3) is 0.389. The van der Waals surface area contributed by atoms with E-state index in [2.05, 4.69) is 12.2 Å². The summed E-state index contributed by atoms with van der Waals surface area (Å²) in [4.78, 5) is 37.8. The van der Waals surface area contributed by atoms with Gasteiger partial charge in [-0.15, -0.1) is 0 Å². The molecule has 1 heterocycles. The molecule has 2 aliphatic carbocycles. The molecule has 1 fully saturated rings. The van der Waals surface area contributed by atoms with Crippen molar-refractivity contribution in [3.05, 3.63) is 47.6 Å². The van der Waals surface area contributed by atoms with Gasteiger partial charge in [0.25, 0.3) is 11.8 Å². The number of piperidine rings is 1. The van der Waals surface area contributed by atoms with Crippen molar-refractivity contribution in [1.82, 2.24) is 4.90 Å². The molecule has 4 heteroatoms. The standard InChI is InChI=1S/C18H19NO3/c20-16-14-10-4-5-11-15(14)17(21)19(18(16)22)12-6-9-13-7-2-1-3-8-13/h1-2,4-5,7,11,14H,3,6,8-10,12H2. The number of carbonyl (C=O) groups excluding carboxylic acids is 3. The molecule has 1 unspecified atom stereocenters. The highest BCUT2D eigenvalue weighted by Crippen LogP contribution is 2.29. The predicted molar refractivity (Wildman–Crippen MR) is 82.7 cm³/mol. The maximum absolute atomic E-state index is 12.4. The Balaban J connectivity index is 1.66. The van der Waals surface area contributed by atoms with Crippen LogP contribution in [0, 0.1) is 5.92 Å². The van der Waals surface area contributed by atoms with Gasteiger partial charge in [-0.2, -0.15) is 0 Å². The molecule has 2 amide bonds. The average Bonchev–Trinajstić information content (AvgIpc) is 2.57. The van der Waals surface area contributed by atoms with Crippen LogP contribution in [0.5, 0.6) is 0 Å². The highest BCUT2D eigenvalue weighted by atomic mass is 16.2. The van der Waals surface area contributed by atoms with Crippen LogP contribution in [-0.2, 0) is 14.4 Å². The minimum atomic E-state index is -0.639. The Kier molecular flexibility index (Phi) is 4.18. The third-order valence-corrected chi connectivity index (χ3v) is 4.40. The first kappa shape index (κ1) is 14.7. The Bertz CT molecular complexity index is 637. The molecule has 114 valence electrons. The smallest absolute Gasteiger partial charge is 0.288 e. The van der Waals surface area contributed by atoms with Gasteiger partial charge in [-0.1, -0.05) is 42.0 Å². The Morgan fingerprint density at radius 1 is 1.05 bits per heavy atom. The highest BCUT2D eigenvalue weighted by Gasteiger charge is 2.43. The van der Waals surface area contributed by atoms with Crippen LogP contribution in [0.1, 0.15) is 32.1 Å². The number of rotatable bonds is 4. The van der Waals surface area contributed by atoms with Crippen molar-refractivity contribution in [1.29, 1.82) is 0 Å². The van der Waals surface area contributed by atoms with E-state index in [1.807, 2.05) is 12.2 Å². The molecule has 0 saturated carbocycles. The molecule has 0 N–H and O–H groups in total. The van der Waals surface area contributed by atoms with Crippen LogP contribution in [0.4, 0.5) is 0 Å². The van der Waals surface area contributed by atoms with E-state index in [1.54, 1.807) is 12.2 Å². The summed E-state index contributed by atoms with van der Waals surface area (Å²) in [6.45, 7) is 0.318. The van der Waals surface area contributed by atoms with Crippen molar-refractivity contribution in [2.45, 2.75) is 32.1 Å². The van der Waals surface area contributed by atoms with E-state index < -0.39 is 17.6 Å². The molecule has 0 bridgehead atoms. The summed E-state index contributed by atoms with van der Waals surface area (Å²) in [7, 11) is 0. The molecule has 0 aromatic rings.